The zero-order valence-electron chi connectivity index (χ0n) is 15.9. The van der Waals surface area contributed by atoms with Gasteiger partial charge in [-0.05, 0) is 42.3 Å². The summed E-state index contributed by atoms with van der Waals surface area (Å²) in [6.07, 6.45) is 1.01. The lowest BCUT2D eigenvalue weighted by atomic mass is 9.77. The summed E-state index contributed by atoms with van der Waals surface area (Å²) in [5.74, 6) is 0. The third-order valence-electron chi connectivity index (χ3n) is 4.91. The Hall–Kier alpha value is -2.65. The van der Waals surface area contributed by atoms with Crippen LogP contribution in [0.25, 0.3) is 0 Å². The van der Waals surface area contributed by atoms with E-state index < -0.39 is 5.54 Å². The number of benzene rings is 3. The molecule has 3 aromatic carbocycles. The van der Waals surface area contributed by atoms with E-state index in [4.69, 9.17) is 12.2 Å². The number of nitrogens with one attached hydrogen (secondary N) is 2. The third-order valence-corrected chi connectivity index (χ3v) is 5.13. The maximum atomic E-state index is 5.72. The standard InChI is InChI=1S/C24H26N2S/c1-3-19(2)25-23(27)26-24(20-13-7-4-8-14-20,21-15-9-5-10-16-21)22-17-11-6-12-18-22/h4-19H,3H2,1-2H3,(H2,25,26,27)/t19-/m1/s1. The van der Waals surface area contributed by atoms with Crippen LogP contribution >= 0.6 is 12.2 Å². The fraction of sp³-hybridized carbons (Fsp3) is 0.208. The Labute approximate surface area is 167 Å². The molecule has 0 unspecified atom stereocenters. The van der Waals surface area contributed by atoms with Gasteiger partial charge in [-0.2, -0.15) is 0 Å². The van der Waals surface area contributed by atoms with Crippen molar-refractivity contribution in [3.63, 3.8) is 0 Å². The van der Waals surface area contributed by atoms with Gasteiger partial charge in [0.15, 0.2) is 5.11 Å². The van der Waals surface area contributed by atoms with E-state index in [1.807, 2.05) is 18.2 Å². The number of hydrogen-bond acceptors (Lipinski definition) is 1. The van der Waals surface area contributed by atoms with Crippen LogP contribution in [0.15, 0.2) is 91.0 Å². The highest BCUT2D eigenvalue weighted by Crippen LogP contribution is 2.36. The van der Waals surface area contributed by atoms with Crippen molar-refractivity contribution in [1.29, 1.82) is 0 Å². The van der Waals surface area contributed by atoms with Crippen LogP contribution in [-0.4, -0.2) is 11.2 Å². The Bertz CT molecular complexity index is 751. The summed E-state index contributed by atoms with van der Waals surface area (Å²) >= 11 is 5.72. The van der Waals surface area contributed by atoms with Crippen molar-refractivity contribution in [2.45, 2.75) is 31.8 Å². The van der Waals surface area contributed by atoms with E-state index in [1.165, 1.54) is 0 Å². The van der Waals surface area contributed by atoms with Crippen molar-refractivity contribution in [1.82, 2.24) is 10.6 Å². The first kappa shape index (κ1) is 19.1. The topological polar surface area (TPSA) is 24.1 Å². The lowest BCUT2D eigenvalue weighted by Crippen LogP contribution is -2.52. The van der Waals surface area contributed by atoms with E-state index in [2.05, 4.69) is 97.3 Å². The highest BCUT2D eigenvalue weighted by atomic mass is 32.1. The van der Waals surface area contributed by atoms with Gasteiger partial charge in [0.25, 0.3) is 0 Å². The second-order valence-electron chi connectivity index (χ2n) is 6.76. The average Bonchev–Trinajstić information content (AvgIpc) is 2.74. The van der Waals surface area contributed by atoms with Gasteiger partial charge in [0.2, 0.25) is 0 Å². The highest BCUT2D eigenvalue weighted by Gasteiger charge is 2.37. The maximum Gasteiger partial charge on any atom is 0.167 e. The first-order chi connectivity index (χ1) is 13.2. The number of hydrogen-bond donors (Lipinski definition) is 2. The van der Waals surface area contributed by atoms with Crippen LogP contribution < -0.4 is 10.6 Å². The van der Waals surface area contributed by atoms with E-state index in [-0.39, 0.29) is 0 Å². The molecule has 0 saturated carbocycles. The third kappa shape index (κ3) is 4.20. The summed E-state index contributed by atoms with van der Waals surface area (Å²) in [5.41, 5.74) is 2.88. The Balaban J connectivity index is 2.18. The summed E-state index contributed by atoms with van der Waals surface area (Å²) in [7, 11) is 0. The predicted molar refractivity (Wildman–Crippen MR) is 118 cm³/mol. The molecule has 0 amide bonds. The molecule has 0 aliphatic carbocycles. The Morgan fingerprint density at radius 1 is 0.778 bits per heavy atom. The lowest BCUT2D eigenvalue weighted by Gasteiger charge is -2.38. The zero-order chi connectivity index (χ0) is 19.1. The van der Waals surface area contributed by atoms with Gasteiger partial charge in [-0.3, -0.25) is 0 Å². The molecule has 138 valence electrons. The Kier molecular flexibility index (Phi) is 6.25. The molecule has 0 spiro atoms. The van der Waals surface area contributed by atoms with E-state index in [0.29, 0.717) is 11.2 Å². The van der Waals surface area contributed by atoms with Gasteiger partial charge >= 0.3 is 0 Å². The zero-order valence-corrected chi connectivity index (χ0v) is 16.7. The van der Waals surface area contributed by atoms with Gasteiger partial charge in [0.05, 0.1) is 0 Å². The molecular formula is C24H26N2S. The molecular weight excluding hydrogens is 348 g/mol. The van der Waals surface area contributed by atoms with Crippen molar-refractivity contribution in [2.24, 2.45) is 0 Å². The minimum absolute atomic E-state index is 0.310. The van der Waals surface area contributed by atoms with E-state index in [1.54, 1.807) is 0 Å². The molecule has 0 aliphatic rings. The quantitative estimate of drug-likeness (QED) is 0.456. The molecule has 1 atom stereocenters. The summed E-state index contributed by atoms with van der Waals surface area (Å²) < 4.78 is 0. The van der Waals surface area contributed by atoms with Crippen molar-refractivity contribution in [3.8, 4) is 0 Å². The van der Waals surface area contributed by atoms with Gasteiger partial charge in [-0.15, -0.1) is 0 Å². The molecule has 0 heterocycles. The molecule has 3 aromatic rings. The normalized spacial score (nSPS) is 12.2. The van der Waals surface area contributed by atoms with E-state index in [9.17, 15) is 0 Å². The van der Waals surface area contributed by atoms with E-state index in [0.717, 1.165) is 23.1 Å². The maximum absolute atomic E-state index is 5.72. The smallest absolute Gasteiger partial charge is 0.167 e. The van der Waals surface area contributed by atoms with E-state index >= 15 is 0 Å². The van der Waals surface area contributed by atoms with Gasteiger partial charge in [-0.25, -0.2) is 0 Å². The van der Waals surface area contributed by atoms with Crippen molar-refractivity contribution < 1.29 is 0 Å². The van der Waals surface area contributed by atoms with Crippen molar-refractivity contribution >= 4 is 17.3 Å². The summed E-state index contributed by atoms with van der Waals surface area (Å²) in [6.45, 7) is 4.29. The minimum Gasteiger partial charge on any atom is -0.360 e. The minimum atomic E-state index is -0.568. The monoisotopic (exact) mass is 374 g/mol. The number of rotatable bonds is 6. The van der Waals surface area contributed by atoms with Crippen LogP contribution in [0.2, 0.25) is 0 Å². The van der Waals surface area contributed by atoms with Gasteiger partial charge in [0, 0.05) is 6.04 Å². The molecule has 0 saturated heterocycles. The predicted octanol–water partition coefficient (Wildman–Crippen LogP) is 5.24. The molecule has 0 aromatic heterocycles. The summed E-state index contributed by atoms with van der Waals surface area (Å²) in [6, 6.07) is 31.8. The Morgan fingerprint density at radius 2 is 1.15 bits per heavy atom. The van der Waals surface area contributed by atoms with Crippen LogP contribution in [0.5, 0.6) is 0 Å². The van der Waals surface area contributed by atoms with Crippen LogP contribution in [0.1, 0.15) is 37.0 Å². The van der Waals surface area contributed by atoms with Gasteiger partial charge in [0.1, 0.15) is 5.54 Å². The second-order valence-corrected chi connectivity index (χ2v) is 7.16. The van der Waals surface area contributed by atoms with Gasteiger partial charge in [-0.1, -0.05) is 97.9 Å². The average molecular weight is 375 g/mol. The molecule has 0 aliphatic heterocycles. The SMILES string of the molecule is CC[C@@H](C)NC(=S)NC(c1ccccc1)(c1ccccc1)c1ccccc1. The molecule has 0 bridgehead atoms. The second kappa shape index (κ2) is 8.83. The molecule has 2 N–H and O–H groups in total. The van der Waals surface area contributed by atoms with Crippen LogP contribution in [-0.2, 0) is 5.54 Å². The van der Waals surface area contributed by atoms with Crippen molar-refractivity contribution in [2.75, 3.05) is 0 Å². The molecule has 2 nitrogen and oxygen atoms in total. The van der Waals surface area contributed by atoms with Gasteiger partial charge < -0.3 is 10.6 Å². The van der Waals surface area contributed by atoms with Crippen molar-refractivity contribution in [3.05, 3.63) is 108 Å². The van der Waals surface area contributed by atoms with Crippen LogP contribution in [0.4, 0.5) is 0 Å². The number of thiocarbonyl (C=S) groups is 1. The highest BCUT2D eigenvalue weighted by molar-refractivity contribution is 7.80. The summed E-state index contributed by atoms with van der Waals surface area (Å²) in [4.78, 5) is 0. The summed E-state index contributed by atoms with van der Waals surface area (Å²) in [5, 5.41) is 7.73. The Morgan fingerprint density at radius 3 is 1.48 bits per heavy atom. The first-order valence-electron chi connectivity index (χ1n) is 9.42. The van der Waals surface area contributed by atoms with Crippen LogP contribution in [0.3, 0.4) is 0 Å². The largest absolute Gasteiger partial charge is 0.360 e. The molecule has 0 fully saturated rings. The fourth-order valence-corrected chi connectivity index (χ4v) is 3.67. The molecule has 0 radical (unpaired) electrons. The molecule has 27 heavy (non-hydrogen) atoms. The van der Waals surface area contributed by atoms with Crippen LogP contribution in [0, 0.1) is 0 Å². The molecule has 3 rings (SSSR count). The lowest BCUT2D eigenvalue weighted by molar-refractivity contribution is 0.549. The molecule has 3 heteroatoms. The first-order valence-corrected chi connectivity index (χ1v) is 9.83. The fourth-order valence-electron chi connectivity index (χ4n) is 3.31.